The van der Waals surface area contributed by atoms with E-state index in [0.717, 1.165) is 12.1 Å². The zero-order valence-corrected chi connectivity index (χ0v) is 26.8. The molecule has 0 aliphatic carbocycles. The molecule has 0 saturated carbocycles. The van der Waals surface area contributed by atoms with Gasteiger partial charge in [0, 0.05) is 43.8 Å². The number of halogens is 2. The molecule has 2 fully saturated rings. The van der Waals surface area contributed by atoms with Gasteiger partial charge in [-0.3, -0.25) is 4.79 Å². The van der Waals surface area contributed by atoms with E-state index in [2.05, 4.69) is 5.32 Å². The second-order valence-corrected chi connectivity index (χ2v) is 15.6. The van der Waals surface area contributed by atoms with Crippen LogP contribution in [0, 0.1) is 0 Å². The fraction of sp³-hybridized carbons (Fsp3) is 0.500. The Morgan fingerprint density at radius 2 is 1.85 bits per heavy atom. The summed E-state index contributed by atoms with van der Waals surface area (Å²) in [6, 6.07) is 11.2. The lowest BCUT2D eigenvalue weighted by Gasteiger charge is -2.38. The van der Waals surface area contributed by atoms with Crippen LogP contribution in [0.2, 0.25) is 0 Å². The van der Waals surface area contributed by atoms with Gasteiger partial charge in [-0.2, -0.15) is 13.1 Å². The van der Waals surface area contributed by atoms with Crippen molar-refractivity contribution in [3.05, 3.63) is 65.0 Å². The summed E-state index contributed by atoms with van der Waals surface area (Å²) in [6.45, 7) is 1.06. The van der Waals surface area contributed by atoms with Crippen molar-refractivity contribution in [2.75, 3.05) is 39.5 Å². The smallest absolute Gasteiger partial charge is 0.372 e. The van der Waals surface area contributed by atoms with Gasteiger partial charge in [-0.05, 0) is 56.5 Å². The summed E-state index contributed by atoms with van der Waals surface area (Å²) in [5, 5.41) is 18.4. The van der Waals surface area contributed by atoms with Crippen molar-refractivity contribution >= 4 is 30.8 Å². The fourth-order valence-corrected chi connectivity index (χ4v) is 8.49. The summed E-state index contributed by atoms with van der Waals surface area (Å²) in [4.78, 5) is 12.2. The molecule has 46 heavy (non-hydrogen) atoms. The Kier molecular flexibility index (Phi) is 9.90. The number of ether oxygens (including phenoxy) is 2. The summed E-state index contributed by atoms with van der Waals surface area (Å²) in [5.74, 6) is -0.0453. The van der Waals surface area contributed by atoms with E-state index in [9.17, 15) is 35.5 Å². The number of para-hydroxylation sites is 1. The molecule has 3 heterocycles. The first-order chi connectivity index (χ1) is 21.7. The standard InChI is InChI=1S/C30H37F2N3O9S2/c1-2-34-17-27(28(38)25-8-3-4-9-26(25)34)46(41,42)35-12-10-29(11-13-35)15-21(18-44-29)33-16-22(37)19-43-23-6-5-7-24(14-23)45(39,40)30(31,32)20-36/h3-9,14,17,21-22,33,36-37H,2,10-13,15-16,18-20H2,1H3. The molecule has 2 saturated heterocycles. The van der Waals surface area contributed by atoms with Gasteiger partial charge >= 0.3 is 5.25 Å². The predicted octanol–water partition coefficient (Wildman–Crippen LogP) is 1.72. The van der Waals surface area contributed by atoms with Gasteiger partial charge in [0.05, 0.1) is 22.6 Å². The molecule has 252 valence electrons. The van der Waals surface area contributed by atoms with E-state index in [4.69, 9.17) is 14.6 Å². The topological polar surface area (TPSA) is 164 Å². The van der Waals surface area contributed by atoms with E-state index < -0.39 is 53.8 Å². The quantitative estimate of drug-likeness (QED) is 0.256. The minimum atomic E-state index is -5.13. The number of rotatable bonds is 12. The number of sulfone groups is 1. The Morgan fingerprint density at radius 3 is 2.54 bits per heavy atom. The molecule has 2 aliphatic heterocycles. The van der Waals surface area contributed by atoms with Crippen molar-refractivity contribution in [3.63, 3.8) is 0 Å². The van der Waals surface area contributed by atoms with E-state index in [-0.39, 0.29) is 42.9 Å². The third-order valence-electron chi connectivity index (χ3n) is 8.53. The van der Waals surface area contributed by atoms with Crippen LogP contribution in [-0.2, 0) is 31.1 Å². The summed E-state index contributed by atoms with van der Waals surface area (Å²) in [5.41, 5.74) is -0.404. The van der Waals surface area contributed by atoms with E-state index in [0.29, 0.717) is 43.3 Å². The number of hydrogen-bond donors (Lipinski definition) is 3. The van der Waals surface area contributed by atoms with Crippen molar-refractivity contribution < 1.29 is 45.3 Å². The predicted molar refractivity (Wildman–Crippen MR) is 164 cm³/mol. The summed E-state index contributed by atoms with van der Waals surface area (Å²) in [7, 11) is -9.17. The molecule has 2 aliphatic rings. The maximum absolute atomic E-state index is 13.7. The molecule has 0 amide bonds. The Balaban J connectivity index is 1.13. The molecule has 2 aromatic carbocycles. The number of sulfonamides is 1. The van der Waals surface area contributed by atoms with Gasteiger partial charge in [0.15, 0.2) is 0 Å². The van der Waals surface area contributed by atoms with Crippen LogP contribution in [0.4, 0.5) is 8.78 Å². The molecular weight excluding hydrogens is 648 g/mol. The second kappa shape index (κ2) is 13.3. The zero-order valence-electron chi connectivity index (χ0n) is 25.1. The van der Waals surface area contributed by atoms with Crippen LogP contribution in [0.25, 0.3) is 10.9 Å². The van der Waals surface area contributed by atoms with Crippen molar-refractivity contribution in [1.29, 1.82) is 0 Å². The van der Waals surface area contributed by atoms with Crippen LogP contribution in [0.3, 0.4) is 0 Å². The Morgan fingerprint density at radius 1 is 1.13 bits per heavy atom. The minimum absolute atomic E-state index is 0.0453. The number of aliphatic hydroxyl groups excluding tert-OH is 2. The molecule has 1 aromatic heterocycles. The van der Waals surface area contributed by atoms with Crippen molar-refractivity contribution in [3.8, 4) is 5.75 Å². The molecule has 0 bridgehead atoms. The highest BCUT2D eigenvalue weighted by molar-refractivity contribution is 7.92. The van der Waals surface area contributed by atoms with Crippen LogP contribution >= 0.6 is 0 Å². The number of hydrogen-bond acceptors (Lipinski definition) is 10. The highest BCUT2D eigenvalue weighted by Gasteiger charge is 2.46. The van der Waals surface area contributed by atoms with Crippen LogP contribution in [0.5, 0.6) is 5.75 Å². The Bertz CT molecular complexity index is 1840. The number of fused-ring (bicyclic) bond motifs is 1. The molecule has 5 rings (SSSR count). The number of aryl methyl sites for hydroxylation is 1. The lowest BCUT2D eigenvalue weighted by atomic mass is 9.88. The van der Waals surface area contributed by atoms with Crippen LogP contribution in [0.15, 0.2) is 69.3 Å². The van der Waals surface area contributed by atoms with Crippen LogP contribution < -0.4 is 15.5 Å². The minimum Gasteiger partial charge on any atom is -0.491 e. The van der Waals surface area contributed by atoms with E-state index >= 15 is 0 Å². The average molecular weight is 686 g/mol. The number of benzene rings is 2. The van der Waals surface area contributed by atoms with E-state index in [1.165, 1.54) is 22.6 Å². The third kappa shape index (κ3) is 6.70. The molecule has 2 atom stereocenters. The lowest BCUT2D eigenvalue weighted by Crippen LogP contribution is -2.47. The van der Waals surface area contributed by atoms with Crippen LogP contribution in [0.1, 0.15) is 26.2 Å². The molecule has 2 unspecified atom stereocenters. The average Bonchev–Trinajstić information content (AvgIpc) is 3.45. The molecule has 12 nitrogen and oxygen atoms in total. The molecule has 1 spiro atoms. The Hall–Kier alpha value is -2.99. The monoisotopic (exact) mass is 685 g/mol. The third-order valence-corrected chi connectivity index (χ3v) is 12.2. The number of alkyl halides is 2. The van der Waals surface area contributed by atoms with Gasteiger partial charge in [0.2, 0.25) is 25.3 Å². The number of aliphatic hydroxyl groups is 2. The molecule has 16 heteroatoms. The Labute approximate surface area is 265 Å². The maximum Gasteiger partial charge on any atom is 0.372 e. The first-order valence-corrected chi connectivity index (χ1v) is 17.8. The zero-order chi connectivity index (χ0) is 33.3. The van der Waals surface area contributed by atoms with Gasteiger partial charge < -0.3 is 29.6 Å². The van der Waals surface area contributed by atoms with Gasteiger partial charge in [-0.25, -0.2) is 16.8 Å². The first kappa shape index (κ1) is 34.3. The van der Waals surface area contributed by atoms with Crippen molar-refractivity contribution in [2.45, 2.75) is 65.5 Å². The fourth-order valence-electron chi connectivity index (χ4n) is 5.90. The molecule has 3 aromatic rings. The molecule has 0 radical (unpaired) electrons. The second-order valence-electron chi connectivity index (χ2n) is 11.6. The number of piperidine rings is 1. The molecule has 3 N–H and O–H groups in total. The number of aromatic nitrogens is 1. The van der Waals surface area contributed by atoms with E-state index in [1.54, 1.807) is 28.8 Å². The van der Waals surface area contributed by atoms with Crippen molar-refractivity contribution in [2.24, 2.45) is 0 Å². The molecular formula is C30H37F2N3O9S2. The van der Waals surface area contributed by atoms with Gasteiger partial charge in [0.1, 0.15) is 30.0 Å². The van der Waals surface area contributed by atoms with Gasteiger partial charge in [-0.15, -0.1) is 0 Å². The van der Waals surface area contributed by atoms with Gasteiger partial charge in [-0.1, -0.05) is 18.2 Å². The summed E-state index contributed by atoms with van der Waals surface area (Å²) in [6.07, 6.45) is 1.82. The number of pyridine rings is 1. The maximum atomic E-state index is 13.7. The summed E-state index contributed by atoms with van der Waals surface area (Å²) < 4.78 is 93.4. The highest BCUT2D eigenvalue weighted by atomic mass is 32.2. The number of nitrogens with zero attached hydrogens (tertiary/aromatic N) is 2. The van der Waals surface area contributed by atoms with Crippen LogP contribution in [-0.4, -0.2) is 98.4 Å². The number of nitrogens with one attached hydrogen (secondary N) is 1. The highest BCUT2D eigenvalue weighted by Crippen LogP contribution is 2.37. The normalized spacial score (nSPS) is 19.9. The largest absolute Gasteiger partial charge is 0.491 e. The van der Waals surface area contributed by atoms with E-state index in [1.807, 2.05) is 6.92 Å². The SMILES string of the molecule is CCn1cc(S(=O)(=O)N2CCC3(CC2)CC(NCC(O)COc2cccc(S(=O)(=O)C(F)(F)CO)c2)CO3)c(=O)c2ccccc21. The summed E-state index contributed by atoms with van der Waals surface area (Å²) >= 11 is 0. The first-order valence-electron chi connectivity index (χ1n) is 14.9. The van der Waals surface area contributed by atoms with Gasteiger partial charge in [0.25, 0.3) is 0 Å². The lowest BCUT2D eigenvalue weighted by molar-refractivity contribution is -0.0312. The van der Waals surface area contributed by atoms with Crippen molar-refractivity contribution in [1.82, 2.24) is 14.2 Å².